The van der Waals surface area contributed by atoms with Gasteiger partial charge in [0.15, 0.2) is 0 Å². The van der Waals surface area contributed by atoms with Crippen molar-refractivity contribution in [2.45, 2.75) is 38.6 Å². The Hall–Kier alpha value is -1.73. The molecule has 0 spiro atoms. The fraction of sp³-hybridized carbons (Fsp3) is 0.500. The van der Waals surface area contributed by atoms with Gasteiger partial charge in [0.05, 0.1) is 19.3 Å². The van der Waals surface area contributed by atoms with Crippen LogP contribution >= 0.6 is 27.5 Å². The lowest BCUT2D eigenvalue weighted by Gasteiger charge is -2.35. The average molecular weight is 469 g/mol. The van der Waals surface area contributed by atoms with Crippen molar-refractivity contribution >= 4 is 39.0 Å². The van der Waals surface area contributed by atoms with Gasteiger partial charge in [-0.25, -0.2) is 4.98 Å². The molecule has 2 aliphatic rings. The Morgan fingerprint density at radius 2 is 2.21 bits per heavy atom. The number of hydrogen-bond acceptors (Lipinski definition) is 5. The molecular weight excluding hydrogens is 446 g/mol. The molecule has 8 heteroatoms. The van der Waals surface area contributed by atoms with Gasteiger partial charge in [-0.3, -0.25) is 4.79 Å². The van der Waals surface area contributed by atoms with Crippen molar-refractivity contribution in [1.82, 2.24) is 9.55 Å². The summed E-state index contributed by atoms with van der Waals surface area (Å²) in [6.07, 6.45) is 6.13. The molecule has 1 saturated carbocycles. The number of anilines is 2. The third kappa shape index (κ3) is 3.39. The Morgan fingerprint density at radius 3 is 2.86 bits per heavy atom. The molecule has 0 radical (unpaired) electrons. The molecule has 1 aliphatic carbocycles. The first kappa shape index (κ1) is 19.6. The number of hydrogen-bond donors (Lipinski definition) is 0. The van der Waals surface area contributed by atoms with E-state index < -0.39 is 0 Å². The van der Waals surface area contributed by atoms with Crippen LogP contribution in [-0.2, 0) is 0 Å². The fourth-order valence-electron chi connectivity index (χ4n) is 4.08. The molecule has 150 valence electrons. The molecule has 1 aromatic carbocycles. The molecule has 1 atom stereocenters. The summed E-state index contributed by atoms with van der Waals surface area (Å²) in [5.41, 5.74) is 0.654. The summed E-state index contributed by atoms with van der Waals surface area (Å²) in [5, 5.41) is 0.324. The molecule has 6 nitrogen and oxygen atoms in total. The third-order valence-electron chi connectivity index (χ3n) is 5.69. The third-order valence-corrected chi connectivity index (χ3v) is 6.48. The van der Waals surface area contributed by atoms with Crippen LogP contribution in [0.3, 0.4) is 0 Å². The molecule has 0 saturated heterocycles. The summed E-state index contributed by atoms with van der Waals surface area (Å²) in [6.45, 7) is 3.08. The van der Waals surface area contributed by atoms with E-state index in [1.165, 1.54) is 6.42 Å². The molecule has 28 heavy (non-hydrogen) atoms. The van der Waals surface area contributed by atoms with Crippen molar-refractivity contribution in [3.8, 4) is 11.5 Å². The summed E-state index contributed by atoms with van der Waals surface area (Å²) in [4.78, 5) is 19.7. The standard InChI is InChI=1S/C20H23BrClN3O3/c1-3-15(12-5-4-6-12)25-11-17(22)23-19(20(25)26)24-7-8-28-16-10-13(27-2)9-14(21)18(16)24/h9-12,15H,3-8H2,1-2H3. The van der Waals surface area contributed by atoms with Gasteiger partial charge in [0, 0.05) is 22.8 Å². The van der Waals surface area contributed by atoms with Gasteiger partial charge in [0.25, 0.3) is 5.56 Å². The minimum absolute atomic E-state index is 0.112. The van der Waals surface area contributed by atoms with Crippen LogP contribution in [0.25, 0.3) is 0 Å². The Balaban J connectivity index is 1.82. The molecule has 1 aliphatic heterocycles. The van der Waals surface area contributed by atoms with Crippen molar-refractivity contribution < 1.29 is 9.47 Å². The first-order valence-corrected chi connectivity index (χ1v) is 10.8. The quantitative estimate of drug-likeness (QED) is 0.621. The van der Waals surface area contributed by atoms with E-state index in [-0.39, 0.29) is 11.6 Å². The van der Waals surface area contributed by atoms with Gasteiger partial charge >= 0.3 is 0 Å². The Morgan fingerprint density at radius 1 is 1.43 bits per heavy atom. The van der Waals surface area contributed by atoms with E-state index in [1.807, 2.05) is 17.0 Å². The number of fused-ring (bicyclic) bond motifs is 1. The highest BCUT2D eigenvalue weighted by Crippen LogP contribution is 2.44. The number of halogens is 2. The van der Waals surface area contributed by atoms with Gasteiger partial charge in [-0.2, -0.15) is 0 Å². The van der Waals surface area contributed by atoms with Gasteiger partial charge in [-0.05, 0) is 47.2 Å². The minimum atomic E-state index is -0.112. The molecule has 0 bridgehead atoms. The Labute approximate surface area is 177 Å². The molecule has 1 fully saturated rings. The Bertz CT molecular complexity index is 945. The van der Waals surface area contributed by atoms with Crippen molar-refractivity contribution in [2.24, 2.45) is 5.92 Å². The largest absolute Gasteiger partial charge is 0.497 e. The van der Waals surface area contributed by atoms with Crippen molar-refractivity contribution in [3.05, 3.63) is 38.3 Å². The fourth-order valence-corrected chi connectivity index (χ4v) is 4.90. The lowest BCUT2D eigenvalue weighted by Crippen LogP contribution is -2.38. The molecule has 1 aromatic heterocycles. The highest BCUT2D eigenvalue weighted by atomic mass is 79.9. The number of nitrogens with zero attached hydrogens (tertiary/aromatic N) is 3. The van der Waals surface area contributed by atoms with Crippen LogP contribution in [0.5, 0.6) is 11.5 Å². The summed E-state index contributed by atoms with van der Waals surface area (Å²) in [7, 11) is 1.61. The normalized spacial score (nSPS) is 17.5. The monoisotopic (exact) mass is 467 g/mol. The first-order valence-electron chi connectivity index (χ1n) is 9.60. The summed E-state index contributed by atoms with van der Waals surface area (Å²) in [5.74, 6) is 2.19. The van der Waals surface area contributed by atoms with E-state index in [2.05, 4.69) is 27.8 Å². The zero-order chi connectivity index (χ0) is 19.8. The molecular formula is C20H23BrClN3O3. The van der Waals surface area contributed by atoms with E-state index in [0.717, 1.165) is 29.4 Å². The SMILES string of the molecule is CCC(C1CCC1)n1cc(Cl)nc(N2CCOc3cc(OC)cc(Br)c32)c1=O. The first-order chi connectivity index (χ1) is 13.5. The maximum atomic E-state index is 13.4. The maximum Gasteiger partial charge on any atom is 0.294 e. The van der Waals surface area contributed by atoms with Crippen LogP contribution in [0, 0.1) is 5.92 Å². The number of methoxy groups -OCH3 is 1. The average Bonchev–Trinajstić information content (AvgIpc) is 2.65. The van der Waals surface area contributed by atoms with Crippen LogP contribution in [0.2, 0.25) is 5.15 Å². The predicted octanol–water partition coefficient (Wildman–Crippen LogP) is 4.95. The van der Waals surface area contributed by atoms with Crippen LogP contribution < -0.4 is 19.9 Å². The lowest BCUT2D eigenvalue weighted by atomic mass is 9.78. The van der Waals surface area contributed by atoms with Crippen LogP contribution in [0.4, 0.5) is 11.5 Å². The second-order valence-corrected chi connectivity index (χ2v) is 8.46. The van der Waals surface area contributed by atoms with Gasteiger partial charge in [-0.1, -0.05) is 24.9 Å². The zero-order valence-corrected chi connectivity index (χ0v) is 18.3. The van der Waals surface area contributed by atoms with Crippen molar-refractivity contribution in [2.75, 3.05) is 25.2 Å². The van der Waals surface area contributed by atoms with E-state index in [4.69, 9.17) is 21.1 Å². The molecule has 0 N–H and O–H groups in total. The van der Waals surface area contributed by atoms with Crippen LogP contribution in [0.1, 0.15) is 38.6 Å². The van der Waals surface area contributed by atoms with Crippen molar-refractivity contribution in [3.63, 3.8) is 0 Å². The predicted molar refractivity (Wildman–Crippen MR) is 113 cm³/mol. The minimum Gasteiger partial charge on any atom is -0.497 e. The number of benzene rings is 1. The zero-order valence-electron chi connectivity index (χ0n) is 16.0. The molecule has 4 rings (SSSR count). The van der Waals surface area contributed by atoms with E-state index in [0.29, 0.717) is 41.5 Å². The highest BCUT2D eigenvalue weighted by molar-refractivity contribution is 9.10. The molecule has 0 amide bonds. The summed E-state index contributed by atoms with van der Waals surface area (Å²) in [6, 6.07) is 3.83. The highest BCUT2D eigenvalue weighted by Gasteiger charge is 2.31. The second kappa shape index (κ2) is 7.95. The smallest absolute Gasteiger partial charge is 0.294 e. The molecule has 2 aromatic rings. The molecule has 1 unspecified atom stereocenters. The van der Waals surface area contributed by atoms with Gasteiger partial charge in [-0.15, -0.1) is 0 Å². The lowest BCUT2D eigenvalue weighted by molar-refractivity contribution is 0.199. The van der Waals surface area contributed by atoms with E-state index in [9.17, 15) is 4.79 Å². The van der Waals surface area contributed by atoms with Gasteiger partial charge in [0.2, 0.25) is 5.82 Å². The van der Waals surface area contributed by atoms with Crippen molar-refractivity contribution in [1.29, 1.82) is 0 Å². The Kier molecular flexibility index (Phi) is 5.56. The number of ether oxygens (including phenoxy) is 2. The van der Waals surface area contributed by atoms with E-state index in [1.54, 1.807) is 17.9 Å². The van der Waals surface area contributed by atoms with Crippen LogP contribution in [0.15, 0.2) is 27.6 Å². The summed E-state index contributed by atoms with van der Waals surface area (Å²) < 4.78 is 13.7. The maximum absolute atomic E-state index is 13.4. The van der Waals surface area contributed by atoms with Crippen LogP contribution in [-0.4, -0.2) is 29.8 Å². The van der Waals surface area contributed by atoms with Gasteiger partial charge in [0.1, 0.15) is 23.3 Å². The summed E-state index contributed by atoms with van der Waals surface area (Å²) >= 11 is 9.95. The second-order valence-electron chi connectivity index (χ2n) is 7.22. The number of aromatic nitrogens is 2. The van der Waals surface area contributed by atoms with E-state index >= 15 is 0 Å². The topological polar surface area (TPSA) is 56.6 Å². The number of rotatable bonds is 5. The van der Waals surface area contributed by atoms with Gasteiger partial charge < -0.3 is 18.9 Å². The molecule has 2 heterocycles.